The minimum absolute atomic E-state index is 0.187. The quantitative estimate of drug-likeness (QED) is 0.283. The molecule has 0 aliphatic heterocycles. The van der Waals surface area contributed by atoms with Gasteiger partial charge in [-0.2, -0.15) is 0 Å². The Balaban J connectivity index is 1.65. The van der Waals surface area contributed by atoms with Crippen LogP contribution in [0.1, 0.15) is 88.8 Å². The van der Waals surface area contributed by atoms with Gasteiger partial charge in [0.05, 0.1) is 16.1 Å². The van der Waals surface area contributed by atoms with Crippen LogP contribution in [0.25, 0.3) is 27.5 Å². The summed E-state index contributed by atoms with van der Waals surface area (Å²) in [6.45, 7) is 9.61. The van der Waals surface area contributed by atoms with E-state index in [0.29, 0.717) is 5.92 Å². The Morgan fingerprint density at radius 3 is 2.27 bits per heavy atom. The van der Waals surface area contributed by atoms with E-state index in [-0.39, 0.29) is 10.8 Å². The van der Waals surface area contributed by atoms with Crippen LogP contribution in [-0.4, -0.2) is 4.57 Å². The molecule has 1 saturated carbocycles. The summed E-state index contributed by atoms with van der Waals surface area (Å²) in [4.78, 5) is 0. The first-order valence-electron chi connectivity index (χ1n) is 12.6. The molecule has 0 N–H and O–H groups in total. The molecule has 0 radical (unpaired) electrons. The summed E-state index contributed by atoms with van der Waals surface area (Å²) in [6, 6.07) is 20.7. The Hall–Kier alpha value is -2.25. The highest BCUT2D eigenvalue weighted by atomic mass is 35.5. The summed E-state index contributed by atoms with van der Waals surface area (Å²) in [6.07, 6.45) is 7.80. The monoisotopic (exact) mass is 455 g/mol. The Morgan fingerprint density at radius 2 is 1.52 bits per heavy atom. The summed E-state index contributed by atoms with van der Waals surface area (Å²) in [5.74, 6) is 0.694. The number of nitrogens with zero attached hydrogens (tertiary/aromatic N) is 1. The fourth-order valence-corrected chi connectivity index (χ4v) is 6.82. The molecule has 2 aliphatic rings. The van der Waals surface area contributed by atoms with E-state index in [2.05, 4.69) is 80.8 Å². The third-order valence-corrected chi connectivity index (χ3v) is 9.00. The van der Waals surface area contributed by atoms with Gasteiger partial charge in [-0.3, -0.25) is 0 Å². The lowest BCUT2D eigenvalue weighted by atomic mass is 9.63. The molecule has 2 aliphatic carbocycles. The van der Waals surface area contributed by atoms with Gasteiger partial charge in [0.1, 0.15) is 0 Å². The lowest BCUT2D eigenvalue weighted by Crippen LogP contribution is -2.33. The zero-order valence-corrected chi connectivity index (χ0v) is 21.1. The Bertz CT molecular complexity index is 1380. The predicted molar refractivity (Wildman–Crippen MR) is 142 cm³/mol. The van der Waals surface area contributed by atoms with Crippen LogP contribution in [0.2, 0.25) is 5.02 Å². The van der Waals surface area contributed by atoms with Crippen molar-refractivity contribution in [3.63, 3.8) is 0 Å². The maximum Gasteiger partial charge on any atom is 0.0556 e. The van der Waals surface area contributed by atoms with Gasteiger partial charge in [0.2, 0.25) is 0 Å². The van der Waals surface area contributed by atoms with Gasteiger partial charge in [-0.1, -0.05) is 76.4 Å². The second-order valence-corrected chi connectivity index (χ2v) is 12.1. The van der Waals surface area contributed by atoms with E-state index in [4.69, 9.17) is 11.6 Å². The predicted octanol–water partition coefficient (Wildman–Crippen LogP) is 9.44. The van der Waals surface area contributed by atoms with Gasteiger partial charge < -0.3 is 4.57 Å². The second-order valence-electron chi connectivity index (χ2n) is 11.7. The van der Waals surface area contributed by atoms with Crippen molar-refractivity contribution >= 4 is 33.4 Å². The Kier molecular flexibility index (Phi) is 4.76. The third kappa shape index (κ3) is 3.27. The summed E-state index contributed by atoms with van der Waals surface area (Å²) < 4.78 is 2.47. The second kappa shape index (κ2) is 7.37. The van der Waals surface area contributed by atoms with Crippen molar-refractivity contribution in [2.75, 3.05) is 0 Å². The van der Waals surface area contributed by atoms with E-state index >= 15 is 0 Å². The zero-order chi connectivity index (χ0) is 23.0. The molecule has 0 bridgehead atoms. The number of benzene rings is 3. The molecule has 33 heavy (non-hydrogen) atoms. The van der Waals surface area contributed by atoms with Crippen LogP contribution in [0.3, 0.4) is 0 Å². The zero-order valence-electron chi connectivity index (χ0n) is 20.3. The van der Waals surface area contributed by atoms with Crippen LogP contribution >= 0.6 is 11.6 Å². The maximum atomic E-state index is 6.79. The molecule has 170 valence electrons. The molecular weight excluding hydrogens is 422 g/mol. The summed E-state index contributed by atoms with van der Waals surface area (Å²) >= 11 is 6.79. The number of halogens is 1. The molecule has 0 atom stereocenters. The molecule has 3 aromatic carbocycles. The molecule has 1 fully saturated rings. The van der Waals surface area contributed by atoms with Crippen molar-refractivity contribution in [3.8, 4) is 5.69 Å². The van der Waals surface area contributed by atoms with Crippen molar-refractivity contribution in [1.82, 2.24) is 4.57 Å². The van der Waals surface area contributed by atoms with Crippen LogP contribution in [0.15, 0.2) is 54.6 Å². The Morgan fingerprint density at radius 1 is 0.788 bits per heavy atom. The van der Waals surface area contributed by atoms with E-state index < -0.39 is 0 Å². The molecule has 0 amide bonds. The van der Waals surface area contributed by atoms with Gasteiger partial charge >= 0.3 is 0 Å². The molecule has 0 spiro atoms. The lowest BCUT2D eigenvalue weighted by Gasteiger charge is -2.42. The highest BCUT2D eigenvalue weighted by Gasteiger charge is 2.37. The van der Waals surface area contributed by atoms with Crippen molar-refractivity contribution in [2.24, 2.45) is 0 Å². The minimum Gasteiger partial charge on any atom is -0.309 e. The van der Waals surface area contributed by atoms with Gasteiger partial charge in [-0.25, -0.2) is 0 Å². The van der Waals surface area contributed by atoms with E-state index in [9.17, 15) is 0 Å². The van der Waals surface area contributed by atoms with E-state index in [1.54, 1.807) is 0 Å². The van der Waals surface area contributed by atoms with Gasteiger partial charge in [-0.15, -0.1) is 0 Å². The normalized spacial score (nSPS) is 19.9. The van der Waals surface area contributed by atoms with Crippen LogP contribution in [-0.2, 0) is 10.8 Å². The first-order valence-corrected chi connectivity index (χ1v) is 13.0. The van der Waals surface area contributed by atoms with Crippen molar-refractivity contribution in [1.29, 1.82) is 0 Å². The highest BCUT2D eigenvalue weighted by molar-refractivity contribution is 6.38. The molecule has 6 rings (SSSR count). The van der Waals surface area contributed by atoms with E-state index in [1.807, 2.05) is 6.07 Å². The lowest BCUT2D eigenvalue weighted by molar-refractivity contribution is 0.332. The average molecular weight is 456 g/mol. The first-order chi connectivity index (χ1) is 15.8. The fraction of sp³-hybridized carbons (Fsp3) is 0.419. The molecule has 0 unspecified atom stereocenters. The fourth-order valence-electron chi connectivity index (χ4n) is 6.55. The van der Waals surface area contributed by atoms with Crippen molar-refractivity contribution < 1.29 is 0 Å². The highest BCUT2D eigenvalue weighted by Crippen LogP contribution is 2.47. The summed E-state index contributed by atoms with van der Waals surface area (Å²) in [5, 5.41) is 3.27. The molecule has 1 heterocycles. The summed E-state index contributed by atoms with van der Waals surface area (Å²) in [7, 11) is 0. The number of fused-ring (bicyclic) bond motifs is 4. The number of hydrogen-bond acceptors (Lipinski definition) is 0. The maximum absolute atomic E-state index is 6.79. The minimum atomic E-state index is 0.187. The molecule has 1 aromatic heterocycles. The molecular formula is C31H34ClN. The van der Waals surface area contributed by atoms with Gasteiger partial charge in [-0.05, 0) is 89.5 Å². The SMILES string of the molecule is CC1(C)CCC(C)(C)c2cc(-n3c4cc(C5CCCC5)ccc4c4c(Cl)cccc43)ccc21. The van der Waals surface area contributed by atoms with Gasteiger partial charge in [0, 0.05) is 16.5 Å². The number of hydrogen-bond donors (Lipinski definition) is 0. The smallest absolute Gasteiger partial charge is 0.0556 e. The Labute approximate surface area is 202 Å². The topological polar surface area (TPSA) is 4.93 Å². The number of rotatable bonds is 2. The number of aromatic nitrogens is 1. The van der Waals surface area contributed by atoms with E-state index in [0.717, 1.165) is 5.02 Å². The molecule has 0 saturated heterocycles. The summed E-state index contributed by atoms with van der Waals surface area (Å²) in [5.41, 5.74) is 8.65. The molecule has 2 heteroatoms. The van der Waals surface area contributed by atoms with Gasteiger partial charge in [0.15, 0.2) is 0 Å². The van der Waals surface area contributed by atoms with Crippen LogP contribution < -0.4 is 0 Å². The standard InChI is InChI=1S/C31H34ClN/c1-30(2)16-17-31(3,4)25-19-22(13-15-24(25)30)33-27-11-7-10-26(32)29(27)23-14-12-21(18-28(23)33)20-8-5-6-9-20/h7,10-15,18-20H,5-6,8-9,16-17H2,1-4H3. The van der Waals surface area contributed by atoms with Crippen molar-refractivity contribution in [3.05, 3.63) is 76.3 Å². The van der Waals surface area contributed by atoms with Gasteiger partial charge in [0.25, 0.3) is 0 Å². The van der Waals surface area contributed by atoms with Crippen LogP contribution in [0.4, 0.5) is 0 Å². The average Bonchev–Trinajstić information content (AvgIpc) is 3.43. The molecule has 4 aromatic rings. The van der Waals surface area contributed by atoms with E-state index in [1.165, 1.54) is 82.7 Å². The largest absolute Gasteiger partial charge is 0.309 e. The van der Waals surface area contributed by atoms with Crippen LogP contribution in [0.5, 0.6) is 0 Å². The first kappa shape index (κ1) is 21.3. The third-order valence-electron chi connectivity index (χ3n) is 8.69. The van der Waals surface area contributed by atoms with Crippen molar-refractivity contribution in [2.45, 2.75) is 83.0 Å². The van der Waals surface area contributed by atoms with Crippen LogP contribution in [0, 0.1) is 0 Å². The molecule has 1 nitrogen and oxygen atoms in total.